The topological polar surface area (TPSA) is 90.3 Å². The number of fused-ring (bicyclic) bond motifs is 1. The van der Waals surface area contributed by atoms with Gasteiger partial charge in [-0.15, -0.1) is 11.3 Å². The van der Waals surface area contributed by atoms with E-state index in [9.17, 15) is 4.79 Å². The highest BCUT2D eigenvalue weighted by atomic mass is 32.1. The average molecular weight is 456 g/mol. The third-order valence-corrected chi connectivity index (χ3v) is 6.71. The van der Waals surface area contributed by atoms with Crippen molar-refractivity contribution in [1.82, 2.24) is 20.1 Å². The van der Waals surface area contributed by atoms with Crippen LogP contribution in [0.5, 0.6) is 11.5 Å². The van der Waals surface area contributed by atoms with E-state index < -0.39 is 0 Å². The van der Waals surface area contributed by atoms with E-state index in [-0.39, 0.29) is 17.5 Å². The van der Waals surface area contributed by atoms with Gasteiger partial charge in [-0.25, -0.2) is 9.67 Å². The van der Waals surface area contributed by atoms with Gasteiger partial charge in [0.15, 0.2) is 11.5 Å². The van der Waals surface area contributed by atoms with Gasteiger partial charge in [-0.3, -0.25) is 4.79 Å². The van der Waals surface area contributed by atoms with E-state index in [4.69, 9.17) is 9.47 Å². The molecule has 0 fully saturated rings. The molecule has 0 bridgehead atoms. The first-order valence-electron chi connectivity index (χ1n) is 10.6. The number of aromatic nitrogens is 3. The van der Waals surface area contributed by atoms with Crippen molar-refractivity contribution in [1.29, 1.82) is 0 Å². The maximum Gasteiger partial charge on any atom is 0.256 e. The Bertz CT molecular complexity index is 1120. The lowest BCUT2D eigenvalue weighted by atomic mass is 9.93. The lowest BCUT2D eigenvalue weighted by molar-refractivity contribution is 0.0954. The van der Waals surface area contributed by atoms with E-state index in [1.165, 1.54) is 4.88 Å². The highest BCUT2D eigenvalue weighted by molar-refractivity contribution is 7.11. The standard InChI is InChI=1S/C23H29N5O3S/c1-14-12-25-22(32-14)17-11-23(2,3)28-20(27-17)16(13-26-28)21(29)24-9-8-15-6-7-18(30-4)19(10-15)31-5/h6-7,10,12-13,17,27H,8-9,11H2,1-5H3,(H,24,29). The van der Waals surface area contributed by atoms with Crippen molar-refractivity contribution in [3.8, 4) is 11.5 Å². The molecule has 2 N–H and O–H groups in total. The second kappa shape index (κ2) is 8.82. The zero-order chi connectivity index (χ0) is 22.9. The molecule has 32 heavy (non-hydrogen) atoms. The molecule has 4 rings (SSSR count). The zero-order valence-electron chi connectivity index (χ0n) is 19.1. The van der Waals surface area contributed by atoms with Crippen molar-refractivity contribution in [2.24, 2.45) is 0 Å². The fourth-order valence-corrected chi connectivity index (χ4v) is 4.87. The quantitative estimate of drug-likeness (QED) is 0.561. The summed E-state index contributed by atoms with van der Waals surface area (Å²) in [6, 6.07) is 5.82. The number of ether oxygens (including phenoxy) is 2. The Morgan fingerprint density at radius 3 is 2.75 bits per heavy atom. The third-order valence-electron chi connectivity index (χ3n) is 5.69. The Morgan fingerprint density at radius 2 is 2.06 bits per heavy atom. The second-order valence-corrected chi connectivity index (χ2v) is 9.80. The van der Waals surface area contributed by atoms with Crippen LogP contribution in [0.15, 0.2) is 30.6 Å². The lowest BCUT2D eigenvalue weighted by Crippen LogP contribution is -2.38. The summed E-state index contributed by atoms with van der Waals surface area (Å²) in [5, 5.41) is 12.1. The number of benzene rings is 1. The van der Waals surface area contributed by atoms with Gasteiger partial charge in [0.05, 0.1) is 32.0 Å². The normalized spacial score (nSPS) is 16.7. The highest BCUT2D eigenvalue weighted by Crippen LogP contribution is 2.40. The smallest absolute Gasteiger partial charge is 0.256 e. The zero-order valence-corrected chi connectivity index (χ0v) is 19.9. The number of rotatable bonds is 7. The number of nitrogens with one attached hydrogen (secondary N) is 2. The fraction of sp³-hybridized carbons (Fsp3) is 0.435. The first kappa shape index (κ1) is 22.1. The van der Waals surface area contributed by atoms with Gasteiger partial charge in [0, 0.05) is 17.6 Å². The van der Waals surface area contributed by atoms with Crippen LogP contribution < -0.4 is 20.1 Å². The van der Waals surface area contributed by atoms with Crippen LogP contribution in [-0.2, 0) is 12.0 Å². The van der Waals surface area contributed by atoms with Crippen molar-refractivity contribution in [2.75, 3.05) is 26.1 Å². The average Bonchev–Trinajstić information content (AvgIpc) is 3.40. The SMILES string of the molecule is COc1ccc(CCNC(=O)c2cnn3c2NC(c2ncc(C)s2)CC3(C)C)cc1OC. The molecule has 8 nitrogen and oxygen atoms in total. The molecular formula is C23H29N5O3S. The summed E-state index contributed by atoms with van der Waals surface area (Å²) in [7, 11) is 3.22. The molecule has 3 aromatic rings. The number of aryl methyl sites for hydroxylation is 1. The van der Waals surface area contributed by atoms with E-state index in [2.05, 4.69) is 41.5 Å². The monoisotopic (exact) mass is 455 g/mol. The molecule has 0 aliphatic carbocycles. The maximum atomic E-state index is 13.0. The molecule has 0 radical (unpaired) electrons. The minimum absolute atomic E-state index is 0.0474. The highest BCUT2D eigenvalue weighted by Gasteiger charge is 2.37. The van der Waals surface area contributed by atoms with Gasteiger partial charge in [-0.1, -0.05) is 6.07 Å². The number of hydrogen-bond acceptors (Lipinski definition) is 7. The van der Waals surface area contributed by atoms with E-state index >= 15 is 0 Å². The van der Waals surface area contributed by atoms with E-state index in [0.717, 1.165) is 22.8 Å². The largest absolute Gasteiger partial charge is 0.493 e. The van der Waals surface area contributed by atoms with Crippen LogP contribution in [0.3, 0.4) is 0 Å². The fourth-order valence-electron chi connectivity index (χ4n) is 4.05. The number of carbonyl (C=O) groups excluding carboxylic acids is 1. The van der Waals surface area contributed by atoms with E-state index in [1.807, 2.05) is 29.1 Å². The van der Waals surface area contributed by atoms with Gasteiger partial charge in [0.2, 0.25) is 0 Å². The van der Waals surface area contributed by atoms with E-state index in [0.29, 0.717) is 30.0 Å². The van der Waals surface area contributed by atoms with Crippen LogP contribution in [-0.4, -0.2) is 41.4 Å². The summed E-state index contributed by atoms with van der Waals surface area (Å²) < 4.78 is 12.5. The predicted molar refractivity (Wildman–Crippen MR) is 125 cm³/mol. The second-order valence-electron chi connectivity index (χ2n) is 8.54. The Labute approximate surface area is 192 Å². The molecule has 170 valence electrons. The minimum Gasteiger partial charge on any atom is -0.493 e. The molecule has 0 saturated heterocycles. The predicted octanol–water partition coefficient (Wildman–Crippen LogP) is 3.93. The molecule has 2 aromatic heterocycles. The van der Waals surface area contributed by atoms with Crippen LogP contribution in [0.4, 0.5) is 5.82 Å². The first-order valence-corrected chi connectivity index (χ1v) is 11.4. The van der Waals surface area contributed by atoms with Gasteiger partial charge in [0.1, 0.15) is 16.4 Å². The van der Waals surface area contributed by atoms with Crippen molar-refractivity contribution in [3.05, 3.63) is 51.6 Å². The van der Waals surface area contributed by atoms with Gasteiger partial charge in [-0.05, 0) is 51.3 Å². The molecule has 0 saturated carbocycles. The molecule has 1 amide bonds. The first-order chi connectivity index (χ1) is 15.3. The molecular weight excluding hydrogens is 426 g/mol. The van der Waals surface area contributed by atoms with Crippen molar-refractivity contribution in [3.63, 3.8) is 0 Å². The lowest BCUT2D eigenvalue weighted by Gasteiger charge is -2.37. The number of methoxy groups -OCH3 is 2. The Hall–Kier alpha value is -3.07. The summed E-state index contributed by atoms with van der Waals surface area (Å²) >= 11 is 1.68. The molecule has 3 heterocycles. The minimum atomic E-state index is -0.233. The van der Waals surface area contributed by atoms with E-state index in [1.54, 1.807) is 31.8 Å². The number of nitrogens with zero attached hydrogens (tertiary/aromatic N) is 3. The third kappa shape index (κ3) is 4.29. The van der Waals surface area contributed by atoms with Gasteiger partial charge >= 0.3 is 0 Å². The number of thiazole rings is 1. The van der Waals surface area contributed by atoms with Crippen LogP contribution in [0.1, 0.15) is 52.1 Å². The molecule has 1 aliphatic rings. The van der Waals surface area contributed by atoms with Gasteiger partial charge in [-0.2, -0.15) is 5.10 Å². The molecule has 1 aliphatic heterocycles. The van der Waals surface area contributed by atoms with Crippen LogP contribution in [0.2, 0.25) is 0 Å². The van der Waals surface area contributed by atoms with Crippen LogP contribution in [0, 0.1) is 6.92 Å². The Kier molecular flexibility index (Phi) is 6.10. The maximum absolute atomic E-state index is 13.0. The number of anilines is 1. The summed E-state index contributed by atoms with van der Waals surface area (Å²) in [6.07, 6.45) is 5.05. The number of amides is 1. The molecule has 0 spiro atoms. The summed E-state index contributed by atoms with van der Waals surface area (Å²) in [5.41, 5.74) is 1.37. The van der Waals surface area contributed by atoms with Crippen LogP contribution in [0.25, 0.3) is 0 Å². The Balaban J connectivity index is 1.46. The Morgan fingerprint density at radius 1 is 1.28 bits per heavy atom. The number of hydrogen-bond donors (Lipinski definition) is 2. The van der Waals surface area contributed by atoms with Crippen molar-refractivity contribution < 1.29 is 14.3 Å². The van der Waals surface area contributed by atoms with Gasteiger partial charge in [0.25, 0.3) is 5.91 Å². The molecule has 1 unspecified atom stereocenters. The molecule has 1 atom stereocenters. The number of carbonyl (C=O) groups is 1. The molecule has 9 heteroatoms. The van der Waals surface area contributed by atoms with Crippen molar-refractivity contribution >= 4 is 23.1 Å². The van der Waals surface area contributed by atoms with Crippen molar-refractivity contribution in [2.45, 2.75) is 45.2 Å². The van der Waals surface area contributed by atoms with Crippen LogP contribution >= 0.6 is 11.3 Å². The summed E-state index contributed by atoms with van der Waals surface area (Å²) in [6.45, 7) is 6.82. The van der Waals surface area contributed by atoms with Gasteiger partial charge < -0.3 is 20.1 Å². The molecule has 1 aromatic carbocycles. The summed E-state index contributed by atoms with van der Waals surface area (Å²) in [5.74, 6) is 1.95. The summed E-state index contributed by atoms with van der Waals surface area (Å²) in [4.78, 5) is 18.7.